The van der Waals surface area contributed by atoms with Crippen LogP contribution in [0.1, 0.15) is 12.0 Å². The van der Waals surface area contributed by atoms with Crippen LogP contribution in [0.25, 0.3) is 0 Å². The summed E-state index contributed by atoms with van der Waals surface area (Å²) in [7, 11) is 0. The number of anilines is 1. The largest absolute Gasteiger partial charge is 0.405 e. The van der Waals surface area contributed by atoms with E-state index >= 15 is 0 Å². The minimum Gasteiger partial charge on any atom is -0.362 e. The topological polar surface area (TPSA) is 71.1 Å². The molecule has 0 atom stereocenters. The molecule has 0 aliphatic carbocycles. The summed E-state index contributed by atoms with van der Waals surface area (Å²) in [6.45, 7) is -0.597. The number of benzene rings is 2. The average molecular weight is 364 g/mol. The van der Waals surface area contributed by atoms with Gasteiger partial charge in [0, 0.05) is 24.4 Å². The van der Waals surface area contributed by atoms with Crippen molar-refractivity contribution in [3.8, 4) is 0 Å². The molecule has 0 aromatic heterocycles. The lowest BCUT2D eigenvalue weighted by Gasteiger charge is -2.31. The first kappa shape index (κ1) is 17.8. The molecule has 0 amide bonds. The van der Waals surface area contributed by atoms with E-state index in [9.17, 15) is 23.3 Å². The van der Waals surface area contributed by atoms with Crippen LogP contribution in [0.3, 0.4) is 0 Å². The number of hydrogen-bond acceptors (Lipinski definition) is 5. The molecule has 1 aliphatic heterocycles. The molecule has 1 aliphatic rings. The van der Waals surface area contributed by atoms with Crippen LogP contribution in [0, 0.1) is 10.1 Å². The van der Waals surface area contributed by atoms with Crippen LogP contribution in [0.4, 0.5) is 35.9 Å². The summed E-state index contributed by atoms with van der Waals surface area (Å²) in [6.07, 6.45) is -2.92. The second kappa shape index (κ2) is 7.11. The molecule has 0 radical (unpaired) electrons. The Kier molecular flexibility index (Phi) is 4.88. The van der Waals surface area contributed by atoms with E-state index in [2.05, 4.69) is 10.2 Å². The number of nitro groups is 1. The van der Waals surface area contributed by atoms with Crippen molar-refractivity contribution in [1.82, 2.24) is 0 Å². The molecule has 0 saturated heterocycles. The molecule has 6 nitrogen and oxygen atoms in total. The maximum absolute atomic E-state index is 12.7. The average Bonchev–Trinajstić information content (AvgIpc) is 2.59. The van der Waals surface area contributed by atoms with Crippen molar-refractivity contribution in [3.63, 3.8) is 0 Å². The highest BCUT2D eigenvalue weighted by Gasteiger charge is 2.32. The van der Waals surface area contributed by atoms with Crippen molar-refractivity contribution in [3.05, 3.63) is 58.1 Å². The smallest absolute Gasteiger partial charge is 0.362 e. The van der Waals surface area contributed by atoms with Crippen molar-refractivity contribution in [2.45, 2.75) is 19.0 Å². The quantitative estimate of drug-likeness (QED) is 0.418. The number of azo groups is 1. The molecule has 3 rings (SSSR count). The minimum absolute atomic E-state index is 0.0394. The summed E-state index contributed by atoms with van der Waals surface area (Å²) in [5, 5.41) is 18.7. The van der Waals surface area contributed by atoms with E-state index in [4.69, 9.17) is 0 Å². The summed E-state index contributed by atoms with van der Waals surface area (Å²) in [4.78, 5) is 11.4. The van der Waals surface area contributed by atoms with Gasteiger partial charge in [0.15, 0.2) is 0 Å². The third kappa shape index (κ3) is 4.35. The van der Waals surface area contributed by atoms with E-state index < -0.39 is 17.6 Å². The van der Waals surface area contributed by atoms with Crippen LogP contribution in [-0.4, -0.2) is 24.2 Å². The monoisotopic (exact) mass is 364 g/mol. The molecule has 136 valence electrons. The molecule has 1 heterocycles. The van der Waals surface area contributed by atoms with Gasteiger partial charge in [-0.1, -0.05) is 0 Å². The fourth-order valence-corrected chi connectivity index (χ4v) is 2.86. The lowest BCUT2D eigenvalue weighted by molar-refractivity contribution is -0.384. The van der Waals surface area contributed by atoms with Gasteiger partial charge in [0.25, 0.3) is 5.69 Å². The predicted octanol–water partition coefficient (Wildman–Crippen LogP) is 5.33. The van der Waals surface area contributed by atoms with Crippen molar-refractivity contribution in [1.29, 1.82) is 0 Å². The van der Waals surface area contributed by atoms with E-state index in [1.165, 1.54) is 29.2 Å². The molecular formula is C17H15F3N4O2. The third-order valence-corrected chi connectivity index (χ3v) is 3.99. The highest BCUT2D eigenvalue weighted by molar-refractivity contribution is 5.61. The Hall–Kier alpha value is -2.97. The SMILES string of the molecule is O=[N+]([O-])c1ccc(N=Nc2ccc3c(c2)CCCN3CC(F)(F)F)cc1. The van der Waals surface area contributed by atoms with Gasteiger partial charge < -0.3 is 4.90 Å². The number of non-ortho nitro benzene ring substituents is 1. The molecule has 0 unspecified atom stereocenters. The van der Waals surface area contributed by atoms with E-state index in [1.807, 2.05) is 0 Å². The van der Waals surface area contributed by atoms with Crippen molar-refractivity contribution in [2.24, 2.45) is 10.2 Å². The molecule has 0 bridgehead atoms. The van der Waals surface area contributed by atoms with Gasteiger partial charge in [-0.2, -0.15) is 23.4 Å². The Morgan fingerprint density at radius 2 is 1.73 bits per heavy atom. The first-order valence-electron chi connectivity index (χ1n) is 7.93. The van der Waals surface area contributed by atoms with Crippen LogP contribution in [0.2, 0.25) is 0 Å². The number of aryl methyl sites for hydroxylation is 1. The zero-order valence-electron chi connectivity index (χ0n) is 13.6. The molecule has 2 aromatic carbocycles. The van der Waals surface area contributed by atoms with Gasteiger partial charge in [-0.15, -0.1) is 0 Å². The lowest BCUT2D eigenvalue weighted by atomic mass is 10.0. The molecule has 9 heteroatoms. The first-order valence-corrected chi connectivity index (χ1v) is 7.93. The van der Waals surface area contributed by atoms with Crippen LogP contribution in [0.5, 0.6) is 0 Å². The van der Waals surface area contributed by atoms with Crippen LogP contribution in [-0.2, 0) is 6.42 Å². The minimum atomic E-state index is -4.25. The van der Waals surface area contributed by atoms with Gasteiger partial charge >= 0.3 is 6.18 Å². The predicted molar refractivity (Wildman–Crippen MR) is 90.3 cm³/mol. The zero-order chi connectivity index (χ0) is 18.7. The Balaban J connectivity index is 1.77. The number of rotatable bonds is 4. The molecule has 0 fully saturated rings. The van der Waals surface area contributed by atoms with Crippen molar-refractivity contribution in [2.75, 3.05) is 18.0 Å². The number of nitrogens with zero attached hydrogens (tertiary/aromatic N) is 4. The molecule has 2 aromatic rings. The van der Waals surface area contributed by atoms with Gasteiger partial charge in [-0.25, -0.2) is 0 Å². The van der Waals surface area contributed by atoms with Crippen LogP contribution < -0.4 is 4.90 Å². The summed E-state index contributed by atoms with van der Waals surface area (Å²) in [5.74, 6) is 0. The number of alkyl halides is 3. The van der Waals surface area contributed by atoms with Crippen molar-refractivity contribution >= 4 is 22.7 Å². The Bertz CT molecular complexity index is 835. The van der Waals surface area contributed by atoms with Gasteiger partial charge in [0.1, 0.15) is 6.54 Å². The molecule has 0 saturated carbocycles. The van der Waals surface area contributed by atoms with E-state index in [0.717, 1.165) is 5.56 Å². The highest BCUT2D eigenvalue weighted by atomic mass is 19.4. The first-order chi connectivity index (χ1) is 12.3. The van der Waals surface area contributed by atoms with Crippen LogP contribution in [0.15, 0.2) is 52.7 Å². The summed E-state index contributed by atoms with van der Waals surface area (Å²) < 4.78 is 38.0. The number of fused-ring (bicyclic) bond motifs is 1. The van der Waals surface area contributed by atoms with Gasteiger partial charge in [0.05, 0.1) is 16.3 Å². The molecular weight excluding hydrogens is 349 g/mol. The maximum Gasteiger partial charge on any atom is 0.405 e. The van der Waals surface area contributed by atoms with Gasteiger partial charge in [-0.3, -0.25) is 10.1 Å². The Labute approximate surface area is 147 Å². The second-order valence-corrected chi connectivity index (χ2v) is 5.93. The number of halogens is 3. The van der Waals surface area contributed by atoms with Gasteiger partial charge in [-0.05, 0) is 48.7 Å². The Morgan fingerprint density at radius 1 is 1.08 bits per heavy atom. The summed E-state index contributed by atoms with van der Waals surface area (Å²) in [5.41, 5.74) is 2.31. The number of hydrogen-bond donors (Lipinski definition) is 0. The fraction of sp³-hybridized carbons (Fsp3) is 0.294. The Morgan fingerprint density at radius 3 is 2.38 bits per heavy atom. The molecule has 0 N–H and O–H groups in total. The molecule has 26 heavy (non-hydrogen) atoms. The summed E-state index contributed by atoms with van der Waals surface area (Å²) in [6, 6.07) is 10.6. The second-order valence-electron chi connectivity index (χ2n) is 5.93. The van der Waals surface area contributed by atoms with E-state index in [0.29, 0.717) is 36.4 Å². The standard InChI is InChI=1S/C17H15F3N4O2/c18-17(19,20)11-23-9-1-2-12-10-14(5-8-16(12)23)22-21-13-3-6-15(7-4-13)24(25)26/h3-8,10H,1-2,9,11H2. The number of nitro benzene ring substituents is 1. The van der Waals surface area contributed by atoms with Crippen molar-refractivity contribution < 1.29 is 18.1 Å². The molecule has 0 spiro atoms. The third-order valence-electron chi connectivity index (χ3n) is 3.99. The highest BCUT2D eigenvalue weighted by Crippen LogP contribution is 2.33. The zero-order valence-corrected chi connectivity index (χ0v) is 13.6. The fourth-order valence-electron chi connectivity index (χ4n) is 2.86. The lowest BCUT2D eigenvalue weighted by Crippen LogP contribution is -2.37. The van der Waals surface area contributed by atoms with Crippen LogP contribution >= 0.6 is 0 Å². The summed E-state index contributed by atoms with van der Waals surface area (Å²) >= 11 is 0. The maximum atomic E-state index is 12.7. The van der Waals surface area contributed by atoms with E-state index in [-0.39, 0.29) is 5.69 Å². The van der Waals surface area contributed by atoms with Gasteiger partial charge in [0.2, 0.25) is 0 Å². The van der Waals surface area contributed by atoms with E-state index in [1.54, 1.807) is 18.2 Å². The normalized spacial score (nSPS) is 14.5.